The zero-order valence-corrected chi connectivity index (χ0v) is 9.98. The second-order valence-corrected chi connectivity index (χ2v) is 4.27. The molecule has 1 rings (SSSR count). The molecule has 1 aliphatic rings. The first kappa shape index (κ1) is 12.8. The van der Waals surface area contributed by atoms with Crippen LogP contribution in [0.5, 0.6) is 0 Å². The molecule has 16 heavy (non-hydrogen) atoms. The minimum absolute atomic E-state index is 0.00682. The van der Waals surface area contributed by atoms with Gasteiger partial charge < -0.3 is 14.9 Å². The van der Waals surface area contributed by atoms with Gasteiger partial charge in [0.05, 0.1) is 6.42 Å². The normalized spacial score (nSPS) is 14.6. The van der Waals surface area contributed by atoms with Crippen LogP contribution in [0.4, 0.5) is 4.79 Å². The molecule has 2 amide bonds. The second kappa shape index (κ2) is 5.72. The van der Waals surface area contributed by atoms with Crippen LogP contribution in [-0.4, -0.2) is 53.1 Å². The van der Waals surface area contributed by atoms with Crippen molar-refractivity contribution in [2.45, 2.75) is 38.6 Å². The largest absolute Gasteiger partial charge is 0.481 e. The molecule has 1 N–H and O–H groups in total. The Kier molecular flexibility index (Phi) is 4.58. The molecule has 0 saturated heterocycles. The smallest absolute Gasteiger partial charge is 0.320 e. The van der Waals surface area contributed by atoms with Crippen molar-refractivity contribution in [3.8, 4) is 0 Å². The third-order valence-corrected chi connectivity index (χ3v) is 2.69. The van der Waals surface area contributed by atoms with E-state index in [-0.39, 0.29) is 19.0 Å². The first-order chi connectivity index (χ1) is 7.56. The molecule has 92 valence electrons. The lowest BCUT2D eigenvalue weighted by Crippen LogP contribution is -2.43. The fraction of sp³-hybridized carbons (Fsp3) is 0.818. The van der Waals surface area contributed by atoms with Crippen LogP contribution < -0.4 is 0 Å². The average Bonchev–Trinajstić information content (AvgIpc) is 3.05. The van der Waals surface area contributed by atoms with Crippen molar-refractivity contribution in [1.29, 1.82) is 0 Å². The van der Waals surface area contributed by atoms with E-state index in [2.05, 4.69) is 0 Å². The van der Waals surface area contributed by atoms with Gasteiger partial charge in [-0.25, -0.2) is 4.79 Å². The van der Waals surface area contributed by atoms with Crippen LogP contribution in [0, 0.1) is 0 Å². The Balaban J connectivity index is 2.42. The summed E-state index contributed by atoms with van der Waals surface area (Å²) in [4.78, 5) is 25.8. The van der Waals surface area contributed by atoms with E-state index in [0.717, 1.165) is 25.8 Å². The number of carbonyl (C=O) groups excluding carboxylic acids is 1. The summed E-state index contributed by atoms with van der Waals surface area (Å²) in [6, 6.07) is 0.352. The summed E-state index contributed by atoms with van der Waals surface area (Å²) in [7, 11) is 1.66. The number of aliphatic carboxylic acids is 1. The van der Waals surface area contributed by atoms with Crippen LogP contribution in [0.1, 0.15) is 32.6 Å². The predicted octanol–water partition coefficient (Wildman–Crippen LogP) is 1.39. The molecule has 0 bridgehead atoms. The number of hydrogen-bond acceptors (Lipinski definition) is 2. The summed E-state index contributed by atoms with van der Waals surface area (Å²) in [5, 5.41) is 8.56. The van der Waals surface area contributed by atoms with Gasteiger partial charge in [-0.1, -0.05) is 6.92 Å². The van der Waals surface area contributed by atoms with Gasteiger partial charge in [0.15, 0.2) is 0 Å². The molecule has 0 unspecified atom stereocenters. The van der Waals surface area contributed by atoms with E-state index in [1.165, 1.54) is 4.90 Å². The van der Waals surface area contributed by atoms with Gasteiger partial charge in [0.2, 0.25) is 0 Å². The molecule has 5 heteroatoms. The molecule has 0 radical (unpaired) electrons. The third kappa shape index (κ3) is 3.72. The van der Waals surface area contributed by atoms with E-state index in [9.17, 15) is 9.59 Å². The Hall–Kier alpha value is -1.26. The van der Waals surface area contributed by atoms with E-state index in [1.807, 2.05) is 11.8 Å². The molecule has 0 atom stereocenters. The first-order valence-electron chi connectivity index (χ1n) is 5.79. The summed E-state index contributed by atoms with van der Waals surface area (Å²) >= 11 is 0. The van der Waals surface area contributed by atoms with Crippen molar-refractivity contribution in [2.75, 3.05) is 20.1 Å². The monoisotopic (exact) mass is 228 g/mol. The number of hydrogen-bond donors (Lipinski definition) is 1. The molecule has 1 fully saturated rings. The topological polar surface area (TPSA) is 60.9 Å². The number of nitrogens with zero attached hydrogens (tertiary/aromatic N) is 2. The van der Waals surface area contributed by atoms with Gasteiger partial charge in [-0.15, -0.1) is 0 Å². The molecule has 0 aliphatic heterocycles. The standard InChI is InChI=1S/C11H20N2O3/c1-3-7-13(9-4-5-9)11(16)12(2)8-6-10(14)15/h9H,3-8H2,1-2H3,(H,14,15). The van der Waals surface area contributed by atoms with E-state index in [0.29, 0.717) is 6.04 Å². The number of rotatable bonds is 6. The lowest BCUT2D eigenvalue weighted by molar-refractivity contribution is -0.137. The Bertz CT molecular complexity index is 264. The highest BCUT2D eigenvalue weighted by atomic mass is 16.4. The predicted molar refractivity (Wildman–Crippen MR) is 60.3 cm³/mol. The van der Waals surface area contributed by atoms with Gasteiger partial charge in [0.25, 0.3) is 0 Å². The molecule has 5 nitrogen and oxygen atoms in total. The highest BCUT2D eigenvalue weighted by Crippen LogP contribution is 2.27. The highest BCUT2D eigenvalue weighted by Gasteiger charge is 2.33. The maximum Gasteiger partial charge on any atom is 0.320 e. The van der Waals surface area contributed by atoms with Crippen LogP contribution in [0.2, 0.25) is 0 Å². The molecule has 0 heterocycles. The molecule has 1 aliphatic carbocycles. The molecule has 1 saturated carbocycles. The van der Waals surface area contributed by atoms with Gasteiger partial charge in [0.1, 0.15) is 0 Å². The highest BCUT2D eigenvalue weighted by molar-refractivity contribution is 5.75. The summed E-state index contributed by atoms with van der Waals surface area (Å²) < 4.78 is 0. The Labute approximate surface area is 96.0 Å². The van der Waals surface area contributed by atoms with Crippen molar-refractivity contribution < 1.29 is 14.7 Å². The van der Waals surface area contributed by atoms with Crippen molar-refractivity contribution >= 4 is 12.0 Å². The molecular formula is C11H20N2O3. The SMILES string of the molecule is CCCN(C(=O)N(C)CCC(=O)O)C1CC1. The maximum atomic E-state index is 12.0. The van der Waals surface area contributed by atoms with Crippen LogP contribution in [0.3, 0.4) is 0 Å². The quantitative estimate of drug-likeness (QED) is 0.747. The number of carbonyl (C=O) groups is 2. The molecule has 0 spiro atoms. The number of amides is 2. The Morgan fingerprint density at radius 3 is 2.38 bits per heavy atom. The van der Waals surface area contributed by atoms with Crippen molar-refractivity contribution in [3.63, 3.8) is 0 Å². The maximum absolute atomic E-state index is 12.0. The second-order valence-electron chi connectivity index (χ2n) is 4.27. The molecule has 0 aromatic heterocycles. The Morgan fingerprint density at radius 1 is 1.31 bits per heavy atom. The molecule has 0 aromatic rings. The van der Waals surface area contributed by atoms with E-state index in [4.69, 9.17) is 5.11 Å². The first-order valence-corrected chi connectivity index (χ1v) is 5.79. The van der Waals surface area contributed by atoms with Crippen LogP contribution in [0.25, 0.3) is 0 Å². The van der Waals surface area contributed by atoms with Gasteiger partial charge in [0, 0.05) is 26.2 Å². The van der Waals surface area contributed by atoms with Crippen LogP contribution >= 0.6 is 0 Å². The van der Waals surface area contributed by atoms with Gasteiger partial charge in [-0.3, -0.25) is 4.79 Å². The fourth-order valence-electron chi connectivity index (χ4n) is 1.64. The molecular weight excluding hydrogens is 208 g/mol. The van der Waals surface area contributed by atoms with Gasteiger partial charge in [-0.05, 0) is 19.3 Å². The van der Waals surface area contributed by atoms with Gasteiger partial charge in [-0.2, -0.15) is 0 Å². The lowest BCUT2D eigenvalue weighted by atomic mass is 10.4. The van der Waals surface area contributed by atoms with Gasteiger partial charge >= 0.3 is 12.0 Å². The third-order valence-electron chi connectivity index (χ3n) is 2.69. The van der Waals surface area contributed by atoms with E-state index >= 15 is 0 Å². The average molecular weight is 228 g/mol. The summed E-state index contributed by atoms with van der Waals surface area (Å²) in [6.07, 6.45) is 3.11. The number of carboxylic acids is 1. The van der Waals surface area contributed by atoms with E-state index in [1.54, 1.807) is 7.05 Å². The minimum atomic E-state index is -0.867. The lowest BCUT2D eigenvalue weighted by Gasteiger charge is -2.27. The van der Waals surface area contributed by atoms with Crippen LogP contribution in [0.15, 0.2) is 0 Å². The van der Waals surface area contributed by atoms with E-state index < -0.39 is 5.97 Å². The minimum Gasteiger partial charge on any atom is -0.481 e. The van der Waals surface area contributed by atoms with Crippen molar-refractivity contribution in [1.82, 2.24) is 9.80 Å². The zero-order chi connectivity index (χ0) is 12.1. The van der Waals surface area contributed by atoms with Crippen LogP contribution in [-0.2, 0) is 4.79 Å². The fourth-order valence-corrected chi connectivity index (χ4v) is 1.64. The summed E-state index contributed by atoms with van der Waals surface area (Å²) in [6.45, 7) is 3.09. The zero-order valence-electron chi connectivity index (χ0n) is 9.98. The number of urea groups is 1. The summed E-state index contributed by atoms with van der Waals surface area (Å²) in [5.41, 5.74) is 0. The Morgan fingerprint density at radius 2 is 1.94 bits per heavy atom. The van der Waals surface area contributed by atoms with Crippen molar-refractivity contribution in [3.05, 3.63) is 0 Å². The van der Waals surface area contributed by atoms with Crippen molar-refractivity contribution in [2.24, 2.45) is 0 Å². The number of carboxylic acid groups (broad SMARTS) is 1. The summed E-state index contributed by atoms with van der Waals surface area (Å²) in [5.74, 6) is -0.867. The molecule has 0 aromatic carbocycles.